The predicted molar refractivity (Wildman–Crippen MR) is 73.4 cm³/mol. The van der Waals surface area contributed by atoms with Gasteiger partial charge in [-0.05, 0) is 29.2 Å². The summed E-state index contributed by atoms with van der Waals surface area (Å²) in [6.07, 6.45) is 0. The SMILES string of the molecule is c1ccc(CNc2nsc3ccccc23)cc1. The first-order valence-corrected chi connectivity index (χ1v) is 6.33. The molecule has 0 aliphatic heterocycles. The molecule has 3 aromatic rings. The normalized spacial score (nSPS) is 10.6. The number of nitrogens with one attached hydrogen (secondary N) is 1. The van der Waals surface area contributed by atoms with E-state index in [0.717, 1.165) is 12.4 Å². The molecule has 3 rings (SSSR count). The summed E-state index contributed by atoms with van der Waals surface area (Å²) in [5, 5.41) is 4.59. The summed E-state index contributed by atoms with van der Waals surface area (Å²) in [5.41, 5.74) is 1.27. The molecule has 1 heterocycles. The molecular formula is C14H12N2S. The Labute approximate surface area is 104 Å². The summed E-state index contributed by atoms with van der Waals surface area (Å²) in [6.45, 7) is 0.814. The van der Waals surface area contributed by atoms with Crippen LogP contribution in [0.4, 0.5) is 5.82 Å². The van der Waals surface area contributed by atoms with Crippen LogP contribution in [0.1, 0.15) is 5.56 Å². The Kier molecular flexibility index (Phi) is 2.76. The molecule has 1 N–H and O–H groups in total. The van der Waals surface area contributed by atoms with Crippen LogP contribution in [-0.2, 0) is 6.54 Å². The molecule has 84 valence electrons. The Morgan fingerprint density at radius 1 is 0.941 bits per heavy atom. The van der Waals surface area contributed by atoms with E-state index < -0.39 is 0 Å². The zero-order valence-corrected chi connectivity index (χ0v) is 10.1. The minimum atomic E-state index is 0.814. The van der Waals surface area contributed by atoms with E-state index in [1.54, 1.807) is 0 Å². The first kappa shape index (κ1) is 10.3. The summed E-state index contributed by atoms with van der Waals surface area (Å²) >= 11 is 1.54. The molecule has 0 aliphatic rings. The molecule has 0 fully saturated rings. The lowest BCUT2D eigenvalue weighted by atomic mass is 10.2. The second-order valence-electron chi connectivity index (χ2n) is 3.87. The van der Waals surface area contributed by atoms with Gasteiger partial charge in [0.05, 0.1) is 4.70 Å². The zero-order valence-electron chi connectivity index (χ0n) is 9.26. The molecule has 17 heavy (non-hydrogen) atoms. The van der Waals surface area contributed by atoms with Gasteiger partial charge in [-0.2, -0.15) is 4.37 Å². The van der Waals surface area contributed by atoms with Gasteiger partial charge in [0.1, 0.15) is 5.82 Å². The maximum Gasteiger partial charge on any atom is 0.147 e. The third-order valence-electron chi connectivity index (χ3n) is 2.68. The van der Waals surface area contributed by atoms with Crippen LogP contribution in [-0.4, -0.2) is 4.37 Å². The maximum absolute atomic E-state index is 4.44. The highest BCUT2D eigenvalue weighted by atomic mass is 32.1. The number of benzene rings is 2. The van der Waals surface area contributed by atoms with Gasteiger partial charge in [0.25, 0.3) is 0 Å². The van der Waals surface area contributed by atoms with Crippen molar-refractivity contribution in [1.29, 1.82) is 0 Å². The van der Waals surface area contributed by atoms with Gasteiger partial charge in [-0.15, -0.1) is 0 Å². The van der Waals surface area contributed by atoms with Crippen LogP contribution in [0.15, 0.2) is 54.6 Å². The van der Waals surface area contributed by atoms with Gasteiger partial charge in [-0.25, -0.2) is 0 Å². The Hall–Kier alpha value is -1.87. The summed E-state index contributed by atoms with van der Waals surface area (Å²) in [7, 11) is 0. The number of anilines is 1. The molecule has 1 aromatic heterocycles. The van der Waals surface area contributed by atoms with E-state index in [1.807, 2.05) is 18.2 Å². The molecule has 0 atom stereocenters. The maximum atomic E-state index is 4.44. The molecule has 0 aliphatic carbocycles. The van der Waals surface area contributed by atoms with Crippen LogP contribution in [0.3, 0.4) is 0 Å². The Bertz CT molecular complexity index is 616. The van der Waals surface area contributed by atoms with Crippen LogP contribution in [0.25, 0.3) is 10.1 Å². The van der Waals surface area contributed by atoms with Crippen molar-refractivity contribution < 1.29 is 0 Å². The average molecular weight is 240 g/mol. The predicted octanol–water partition coefficient (Wildman–Crippen LogP) is 3.91. The fourth-order valence-corrected chi connectivity index (χ4v) is 2.55. The Balaban J connectivity index is 1.82. The summed E-state index contributed by atoms with van der Waals surface area (Å²) < 4.78 is 5.67. The standard InChI is InChI=1S/C14H12N2S/c1-2-6-11(7-3-1)10-15-14-12-8-4-5-9-13(12)17-16-14/h1-9H,10H2,(H,15,16). The summed E-state index contributed by atoms with van der Waals surface area (Å²) in [5.74, 6) is 0.981. The van der Waals surface area contributed by atoms with Crippen molar-refractivity contribution in [2.24, 2.45) is 0 Å². The molecule has 0 spiro atoms. The summed E-state index contributed by atoms with van der Waals surface area (Å²) in [4.78, 5) is 0. The van der Waals surface area contributed by atoms with Crippen molar-refractivity contribution in [2.45, 2.75) is 6.54 Å². The van der Waals surface area contributed by atoms with Crippen molar-refractivity contribution in [3.05, 3.63) is 60.2 Å². The summed E-state index contributed by atoms with van der Waals surface area (Å²) in [6, 6.07) is 18.6. The van der Waals surface area contributed by atoms with Crippen LogP contribution in [0.2, 0.25) is 0 Å². The molecule has 3 heteroatoms. The topological polar surface area (TPSA) is 24.9 Å². The van der Waals surface area contributed by atoms with Crippen molar-refractivity contribution in [1.82, 2.24) is 4.37 Å². The molecule has 2 aromatic carbocycles. The number of hydrogen-bond donors (Lipinski definition) is 1. The fraction of sp³-hybridized carbons (Fsp3) is 0.0714. The number of hydrogen-bond acceptors (Lipinski definition) is 3. The van der Waals surface area contributed by atoms with Gasteiger partial charge < -0.3 is 5.32 Å². The zero-order chi connectivity index (χ0) is 11.5. The third kappa shape index (κ3) is 2.15. The van der Waals surface area contributed by atoms with E-state index in [-0.39, 0.29) is 0 Å². The molecule has 0 radical (unpaired) electrons. The van der Waals surface area contributed by atoms with E-state index in [0.29, 0.717) is 0 Å². The number of nitrogens with zero attached hydrogens (tertiary/aromatic N) is 1. The lowest BCUT2D eigenvalue weighted by Gasteiger charge is -2.03. The molecule has 0 unspecified atom stereocenters. The van der Waals surface area contributed by atoms with Gasteiger partial charge >= 0.3 is 0 Å². The highest BCUT2D eigenvalue weighted by Gasteiger charge is 2.03. The minimum Gasteiger partial charge on any atom is -0.365 e. The fourth-order valence-electron chi connectivity index (χ4n) is 1.80. The second-order valence-corrected chi connectivity index (χ2v) is 4.67. The lowest BCUT2D eigenvalue weighted by molar-refractivity contribution is 1.14. The van der Waals surface area contributed by atoms with Crippen LogP contribution < -0.4 is 5.32 Å². The quantitative estimate of drug-likeness (QED) is 0.750. The van der Waals surface area contributed by atoms with Crippen molar-refractivity contribution >= 4 is 27.4 Å². The minimum absolute atomic E-state index is 0.814. The van der Waals surface area contributed by atoms with E-state index in [1.165, 1.54) is 27.2 Å². The monoisotopic (exact) mass is 240 g/mol. The van der Waals surface area contributed by atoms with E-state index in [2.05, 4.69) is 46.1 Å². The highest BCUT2D eigenvalue weighted by Crippen LogP contribution is 2.26. The smallest absolute Gasteiger partial charge is 0.147 e. The molecule has 0 saturated carbocycles. The van der Waals surface area contributed by atoms with Crippen molar-refractivity contribution in [2.75, 3.05) is 5.32 Å². The molecule has 2 nitrogen and oxygen atoms in total. The van der Waals surface area contributed by atoms with Crippen LogP contribution in [0, 0.1) is 0 Å². The Morgan fingerprint density at radius 3 is 2.59 bits per heavy atom. The highest BCUT2D eigenvalue weighted by molar-refractivity contribution is 7.13. The van der Waals surface area contributed by atoms with Crippen LogP contribution in [0.5, 0.6) is 0 Å². The molecule has 0 saturated heterocycles. The second kappa shape index (κ2) is 4.55. The van der Waals surface area contributed by atoms with E-state index >= 15 is 0 Å². The molecule has 0 bridgehead atoms. The van der Waals surface area contributed by atoms with E-state index in [9.17, 15) is 0 Å². The van der Waals surface area contributed by atoms with Crippen molar-refractivity contribution in [3.8, 4) is 0 Å². The van der Waals surface area contributed by atoms with Crippen molar-refractivity contribution in [3.63, 3.8) is 0 Å². The van der Waals surface area contributed by atoms with Gasteiger partial charge in [-0.1, -0.05) is 42.5 Å². The molecular weight excluding hydrogens is 228 g/mol. The van der Waals surface area contributed by atoms with Gasteiger partial charge in [0, 0.05) is 11.9 Å². The first-order valence-electron chi connectivity index (χ1n) is 5.56. The van der Waals surface area contributed by atoms with Gasteiger partial charge in [0.15, 0.2) is 0 Å². The average Bonchev–Trinajstić information content (AvgIpc) is 2.81. The van der Waals surface area contributed by atoms with Crippen LogP contribution >= 0.6 is 11.5 Å². The van der Waals surface area contributed by atoms with E-state index in [4.69, 9.17) is 0 Å². The largest absolute Gasteiger partial charge is 0.365 e. The lowest BCUT2D eigenvalue weighted by Crippen LogP contribution is -1.99. The van der Waals surface area contributed by atoms with Gasteiger partial charge in [0.2, 0.25) is 0 Å². The number of rotatable bonds is 3. The van der Waals surface area contributed by atoms with Gasteiger partial charge in [-0.3, -0.25) is 0 Å². The Morgan fingerprint density at radius 2 is 1.71 bits per heavy atom. The number of aromatic nitrogens is 1. The molecule has 0 amide bonds. The number of fused-ring (bicyclic) bond motifs is 1. The first-order chi connectivity index (χ1) is 8.43. The third-order valence-corrected chi connectivity index (χ3v) is 3.51.